The van der Waals surface area contributed by atoms with E-state index >= 15 is 0 Å². The third-order valence-corrected chi connectivity index (χ3v) is 4.47. The van der Waals surface area contributed by atoms with Crippen molar-refractivity contribution in [2.24, 2.45) is 0 Å². The van der Waals surface area contributed by atoms with Crippen LogP contribution < -0.4 is 0 Å². The van der Waals surface area contributed by atoms with Gasteiger partial charge in [-0.15, -0.1) is 11.8 Å². The molecule has 6 heteroatoms. The van der Waals surface area contributed by atoms with Gasteiger partial charge in [-0.1, -0.05) is 18.2 Å². The van der Waals surface area contributed by atoms with E-state index in [0.29, 0.717) is 16.8 Å². The summed E-state index contributed by atoms with van der Waals surface area (Å²) < 4.78 is 8.39. The highest BCUT2D eigenvalue weighted by Gasteiger charge is 2.16. The highest BCUT2D eigenvalue weighted by molar-refractivity contribution is 7.98. The standard InChI is InChI=1S/C14H10N2O2S2/c17-14(18)10-6-7-12-13(16-20-15-12)11(10)8-19-9-4-2-1-3-5-9/h1-7H,8H2,(H,17,18). The van der Waals surface area contributed by atoms with E-state index in [-0.39, 0.29) is 0 Å². The molecule has 1 heterocycles. The van der Waals surface area contributed by atoms with Crippen LogP contribution in [0.4, 0.5) is 0 Å². The fraction of sp³-hybridized carbons (Fsp3) is 0.0714. The summed E-state index contributed by atoms with van der Waals surface area (Å²) in [5.41, 5.74) is 2.48. The molecule has 100 valence electrons. The predicted molar refractivity (Wildman–Crippen MR) is 80.4 cm³/mol. The van der Waals surface area contributed by atoms with E-state index in [2.05, 4.69) is 8.75 Å². The lowest BCUT2D eigenvalue weighted by Crippen LogP contribution is -2.02. The predicted octanol–water partition coefficient (Wildman–Crippen LogP) is 3.68. The zero-order chi connectivity index (χ0) is 13.9. The smallest absolute Gasteiger partial charge is 0.336 e. The summed E-state index contributed by atoms with van der Waals surface area (Å²) in [5.74, 6) is -0.363. The van der Waals surface area contributed by atoms with Gasteiger partial charge >= 0.3 is 5.97 Å². The maximum Gasteiger partial charge on any atom is 0.336 e. The van der Waals surface area contributed by atoms with Gasteiger partial charge in [0.1, 0.15) is 11.0 Å². The SMILES string of the molecule is O=C(O)c1ccc2nsnc2c1CSc1ccccc1. The van der Waals surface area contributed by atoms with Crippen LogP contribution in [-0.4, -0.2) is 19.8 Å². The summed E-state index contributed by atoms with van der Waals surface area (Å²) in [6.07, 6.45) is 0. The first kappa shape index (κ1) is 13.1. The van der Waals surface area contributed by atoms with E-state index in [1.165, 1.54) is 0 Å². The number of carboxylic acid groups (broad SMARTS) is 1. The number of carboxylic acids is 1. The summed E-state index contributed by atoms with van der Waals surface area (Å²) in [6.45, 7) is 0. The van der Waals surface area contributed by atoms with Gasteiger partial charge in [0.15, 0.2) is 0 Å². The number of rotatable bonds is 4. The average Bonchev–Trinajstić information content (AvgIpc) is 2.94. The molecule has 0 spiro atoms. The van der Waals surface area contributed by atoms with E-state index < -0.39 is 5.97 Å². The summed E-state index contributed by atoms with van der Waals surface area (Å²) >= 11 is 2.70. The molecule has 0 aliphatic rings. The van der Waals surface area contributed by atoms with Crippen LogP contribution in [0.25, 0.3) is 11.0 Å². The second-order valence-corrected chi connectivity index (χ2v) is 5.71. The number of nitrogens with zero attached hydrogens (tertiary/aromatic N) is 2. The number of aromatic carboxylic acids is 1. The maximum atomic E-state index is 11.3. The second kappa shape index (κ2) is 5.60. The Morgan fingerprint density at radius 1 is 1.15 bits per heavy atom. The molecular weight excluding hydrogens is 292 g/mol. The van der Waals surface area contributed by atoms with Crippen LogP contribution in [0, 0.1) is 0 Å². The molecule has 0 aliphatic carbocycles. The van der Waals surface area contributed by atoms with E-state index in [1.54, 1.807) is 23.9 Å². The molecule has 20 heavy (non-hydrogen) atoms. The van der Waals surface area contributed by atoms with Gasteiger partial charge < -0.3 is 5.11 Å². The van der Waals surface area contributed by atoms with Crippen molar-refractivity contribution < 1.29 is 9.90 Å². The largest absolute Gasteiger partial charge is 0.478 e. The third-order valence-electron chi connectivity index (χ3n) is 2.89. The van der Waals surface area contributed by atoms with Gasteiger partial charge in [0, 0.05) is 16.2 Å². The molecule has 1 N–H and O–H groups in total. The molecule has 0 atom stereocenters. The van der Waals surface area contributed by atoms with Crippen molar-refractivity contribution in [1.29, 1.82) is 0 Å². The first-order valence-corrected chi connectivity index (χ1v) is 7.62. The Hall–Kier alpha value is -1.92. The van der Waals surface area contributed by atoms with E-state index in [4.69, 9.17) is 0 Å². The summed E-state index contributed by atoms with van der Waals surface area (Å²) in [7, 11) is 0. The first-order chi connectivity index (χ1) is 9.75. The number of hydrogen-bond acceptors (Lipinski definition) is 5. The number of thioether (sulfide) groups is 1. The lowest BCUT2D eigenvalue weighted by atomic mass is 10.1. The van der Waals surface area contributed by atoms with Crippen molar-refractivity contribution in [2.45, 2.75) is 10.6 Å². The summed E-state index contributed by atoms with van der Waals surface area (Å²) in [6, 6.07) is 13.2. The van der Waals surface area contributed by atoms with Crippen LogP contribution in [0.2, 0.25) is 0 Å². The van der Waals surface area contributed by atoms with Crippen LogP contribution >= 0.6 is 23.5 Å². The molecule has 1 aromatic heterocycles. The topological polar surface area (TPSA) is 63.1 Å². The van der Waals surface area contributed by atoms with Crippen molar-refractivity contribution in [3.05, 3.63) is 53.6 Å². The molecule has 0 saturated heterocycles. The minimum absolute atomic E-state index is 0.300. The van der Waals surface area contributed by atoms with Crippen molar-refractivity contribution in [1.82, 2.24) is 8.75 Å². The van der Waals surface area contributed by atoms with Gasteiger partial charge in [0.25, 0.3) is 0 Å². The average molecular weight is 302 g/mol. The Labute approximate surface area is 123 Å². The molecule has 0 radical (unpaired) electrons. The Morgan fingerprint density at radius 3 is 2.70 bits per heavy atom. The highest BCUT2D eigenvalue weighted by atomic mass is 32.2. The van der Waals surface area contributed by atoms with Crippen molar-refractivity contribution in [3.63, 3.8) is 0 Å². The second-order valence-electron chi connectivity index (χ2n) is 4.13. The highest BCUT2D eigenvalue weighted by Crippen LogP contribution is 2.29. The Bertz CT molecular complexity index is 756. The molecule has 0 unspecified atom stereocenters. The van der Waals surface area contributed by atoms with Gasteiger partial charge in [-0.3, -0.25) is 0 Å². The van der Waals surface area contributed by atoms with Crippen LogP contribution in [0.3, 0.4) is 0 Å². The minimum atomic E-state index is -0.927. The quantitative estimate of drug-likeness (QED) is 0.745. The van der Waals surface area contributed by atoms with E-state index in [1.807, 2.05) is 30.3 Å². The lowest BCUT2D eigenvalue weighted by Gasteiger charge is -2.06. The Balaban J connectivity index is 1.98. The van der Waals surface area contributed by atoms with Gasteiger partial charge in [-0.25, -0.2) is 4.79 Å². The van der Waals surface area contributed by atoms with Crippen molar-refractivity contribution in [2.75, 3.05) is 0 Å². The number of fused-ring (bicyclic) bond motifs is 1. The number of carbonyl (C=O) groups is 1. The molecule has 4 nitrogen and oxygen atoms in total. The molecular formula is C14H10N2O2S2. The van der Waals surface area contributed by atoms with Gasteiger partial charge in [0.2, 0.25) is 0 Å². The minimum Gasteiger partial charge on any atom is -0.478 e. The number of benzene rings is 2. The summed E-state index contributed by atoms with van der Waals surface area (Å²) in [5, 5.41) is 9.31. The Kier molecular flexibility index (Phi) is 3.66. The van der Waals surface area contributed by atoms with Gasteiger partial charge in [0.05, 0.1) is 17.3 Å². The van der Waals surface area contributed by atoms with Crippen molar-refractivity contribution >= 4 is 40.5 Å². The lowest BCUT2D eigenvalue weighted by molar-refractivity contribution is 0.0696. The zero-order valence-electron chi connectivity index (χ0n) is 10.3. The number of aromatic nitrogens is 2. The Morgan fingerprint density at radius 2 is 1.95 bits per heavy atom. The van der Waals surface area contributed by atoms with E-state index in [9.17, 15) is 9.90 Å². The first-order valence-electron chi connectivity index (χ1n) is 5.91. The van der Waals surface area contributed by atoms with E-state index in [0.717, 1.165) is 27.7 Å². The van der Waals surface area contributed by atoms with Crippen LogP contribution in [-0.2, 0) is 5.75 Å². The number of hydrogen-bond donors (Lipinski definition) is 1. The molecule has 2 aromatic carbocycles. The van der Waals surface area contributed by atoms with Gasteiger partial charge in [-0.05, 0) is 24.3 Å². The molecule has 0 fully saturated rings. The molecule has 0 bridgehead atoms. The maximum absolute atomic E-state index is 11.3. The van der Waals surface area contributed by atoms with Crippen LogP contribution in [0.15, 0.2) is 47.4 Å². The molecule has 0 saturated carbocycles. The third kappa shape index (κ3) is 2.52. The van der Waals surface area contributed by atoms with Crippen LogP contribution in [0.5, 0.6) is 0 Å². The normalized spacial score (nSPS) is 10.8. The summed E-state index contributed by atoms with van der Waals surface area (Å²) in [4.78, 5) is 12.4. The zero-order valence-corrected chi connectivity index (χ0v) is 11.9. The van der Waals surface area contributed by atoms with Crippen LogP contribution in [0.1, 0.15) is 15.9 Å². The molecule has 0 amide bonds. The molecule has 3 aromatic rings. The fourth-order valence-electron chi connectivity index (χ4n) is 1.92. The molecule has 3 rings (SSSR count). The van der Waals surface area contributed by atoms with Gasteiger partial charge in [-0.2, -0.15) is 8.75 Å². The fourth-order valence-corrected chi connectivity index (χ4v) is 3.44. The monoisotopic (exact) mass is 302 g/mol. The molecule has 0 aliphatic heterocycles. The van der Waals surface area contributed by atoms with Crippen molar-refractivity contribution in [3.8, 4) is 0 Å².